The molecule has 0 aliphatic carbocycles. The number of benzene rings is 1. The highest BCUT2D eigenvalue weighted by Crippen LogP contribution is 2.26. The van der Waals surface area contributed by atoms with Gasteiger partial charge in [0.1, 0.15) is 5.69 Å². The predicted octanol–water partition coefficient (Wildman–Crippen LogP) is 2.14. The molecule has 1 aromatic rings. The number of nitro groups is 1. The van der Waals surface area contributed by atoms with Crippen molar-refractivity contribution < 1.29 is 10.0 Å². The molecule has 0 spiro atoms. The summed E-state index contributed by atoms with van der Waals surface area (Å²) >= 11 is 0. The molecule has 0 amide bonds. The number of nitrogens with two attached hydrogens (primary N) is 1. The first kappa shape index (κ1) is 14.2. The number of nitrogens with zero attached hydrogens (tertiary/aromatic N) is 1. The van der Waals surface area contributed by atoms with Gasteiger partial charge in [-0.15, -0.1) is 0 Å². The summed E-state index contributed by atoms with van der Waals surface area (Å²) in [6, 6.07) is 4.62. The van der Waals surface area contributed by atoms with Gasteiger partial charge in [0.15, 0.2) is 0 Å². The number of anilines is 2. The molecule has 0 aliphatic heterocycles. The summed E-state index contributed by atoms with van der Waals surface area (Å²) in [4.78, 5) is 10.4. The summed E-state index contributed by atoms with van der Waals surface area (Å²) in [7, 11) is 0. The maximum Gasteiger partial charge on any atom is 0.294 e. The summed E-state index contributed by atoms with van der Waals surface area (Å²) in [5, 5.41) is 22.5. The minimum Gasteiger partial charge on any atom is -0.399 e. The van der Waals surface area contributed by atoms with E-state index in [2.05, 4.69) is 5.32 Å². The monoisotopic (exact) mass is 253 g/mol. The fourth-order valence-electron chi connectivity index (χ4n) is 1.66. The van der Waals surface area contributed by atoms with Crippen LogP contribution in [0.4, 0.5) is 17.1 Å². The Kier molecular flexibility index (Phi) is 5.93. The Hall–Kier alpha value is -1.82. The van der Waals surface area contributed by atoms with Gasteiger partial charge in [0, 0.05) is 24.9 Å². The fraction of sp³-hybridized carbons (Fsp3) is 0.500. The third kappa shape index (κ3) is 4.58. The standard InChI is InChI=1S/C12H19N3O3/c13-10-5-6-11(12(9-10)15(17)18)14-7-3-1-2-4-8-16/h5-6,9,14,16H,1-4,7-8,13H2. The van der Waals surface area contributed by atoms with Crippen LogP contribution in [0.3, 0.4) is 0 Å². The smallest absolute Gasteiger partial charge is 0.294 e. The van der Waals surface area contributed by atoms with Gasteiger partial charge in [-0.2, -0.15) is 0 Å². The van der Waals surface area contributed by atoms with Gasteiger partial charge in [0.25, 0.3) is 5.69 Å². The second-order valence-electron chi connectivity index (χ2n) is 4.10. The van der Waals surface area contributed by atoms with Crippen molar-refractivity contribution in [1.29, 1.82) is 0 Å². The van der Waals surface area contributed by atoms with Gasteiger partial charge in [0.2, 0.25) is 0 Å². The van der Waals surface area contributed by atoms with Crippen LogP contribution >= 0.6 is 0 Å². The highest BCUT2D eigenvalue weighted by Gasteiger charge is 2.13. The Bertz CT molecular complexity index is 396. The average Bonchev–Trinajstić information content (AvgIpc) is 2.35. The third-order valence-electron chi connectivity index (χ3n) is 2.62. The lowest BCUT2D eigenvalue weighted by atomic mass is 10.2. The largest absolute Gasteiger partial charge is 0.399 e. The molecule has 0 bridgehead atoms. The zero-order valence-electron chi connectivity index (χ0n) is 10.3. The number of hydrogen-bond donors (Lipinski definition) is 3. The van der Waals surface area contributed by atoms with E-state index in [1.807, 2.05) is 0 Å². The number of nitro benzene ring substituents is 1. The topological polar surface area (TPSA) is 101 Å². The van der Waals surface area contributed by atoms with E-state index >= 15 is 0 Å². The minimum atomic E-state index is -0.440. The van der Waals surface area contributed by atoms with Crippen LogP contribution < -0.4 is 11.1 Å². The first-order valence-electron chi connectivity index (χ1n) is 6.04. The summed E-state index contributed by atoms with van der Waals surface area (Å²) in [6.07, 6.45) is 3.70. The maximum atomic E-state index is 10.8. The van der Waals surface area contributed by atoms with Crippen molar-refractivity contribution >= 4 is 17.1 Å². The fourth-order valence-corrected chi connectivity index (χ4v) is 1.66. The van der Waals surface area contributed by atoms with Crippen molar-refractivity contribution in [1.82, 2.24) is 0 Å². The number of aliphatic hydroxyl groups is 1. The molecule has 0 unspecified atom stereocenters. The number of aliphatic hydroxyl groups excluding tert-OH is 1. The number of nitrogen functional groups attached to an aromatic ring is 1. The van der Waals surface area contributed by atoms with E-state index < -0.39 is 4.92 Å². The van der Waals surface area contributed by atoms with Crippen LogP contribution in [-0.4, -0.2) is 23.2 Å². The van der Waals surface area contributed by atoms with Crippen molar-refractivity contribution in [2.45, 2.75) is 25.7 Å². The normalized spacial score (nSPS) is 10.3. The van der Waals surface area contributed by atoms with Crippen LogP contribution in [-0.2, 0) is 0 Å². The molecule has 0 aliphatic rings. The van der Waals surface area contributed by atoms with Gasteiger partial charge in [-0.05, 0) is 25.0 Å². The molecule has 4 N–H and O–H groups in total. The lowest BCUT2D eigenvalue weighted by Gasteiger charge is -2.07. The lowest BCUT2D eigenvalue weighted by molar-refractivity contribution is -0.383. The molecule has 0 atom stereocenters. The molecule has 0 saturated heterocycles. The number of hydrogen-bond acceptors (Lipinski definition) is 5. The summed E-state index contributed by atoms with van der Waals surface area (Å²) < 4.78 is 0. The van der Waals surface area contributed by atoms with Crippen LogP contribution in [0.15, 0.2) is 18.2 Å². The van der Waals surface area contributed by atoms with Crippen LogP contribution in [0.1, 0.15) is 25.7 Å². The Morgan fingerprint density at radius 3 is 2.67 bits per heavy atom. The average molecular weight is 253 g/mol. The van der Waals surface area contributed by atoms with Gasteiger partial charge in [-0.25, -0.2) is 0 Å². The lowest BCUT2D eigenvalue weighted by Crippen LogP contribution is -2.05. The molecule has 0 aromatic heterocycles. The van der Waals surface area contributed by atoms with Crippen molar-refractivity contribution in [2.24, 2.45) is 0 Å². The van der Waals surface area contributed by atoms with E-state index in [0.29, 0.717) is 17.9 Å². The quantitative estimate of drug-likeness (QED) is 0.285. The molecule has 0 heterocycles. The Morgan fingerprint density at radius 2 is 2.00 bits per heavy atom. The van der Waals surface area contributed by atoms with Crippen LogP contribution in [0.25, 0.3) is 0 Å². The van der Waals surface area contributed by atoms with Gasteiger partial charge in [-0.1, -0.05) is 12.8 Å². The van der Waals surface area contributed by atoms with E-state index in [1.165, 1.54) is 6.07 Å². The molecule has 18 heavy (non-hydrogen) atoms. The summed E-state index contributed by atoms with van der Waals surface area (Å²) in [6.45, 7) is 0.896. The number of nitrogens with one attached hydrogen (secondary N) is 1. The molecule has 6 nitrogen and oxygen atoms in total. The van der Waals surface area contributed by atoms with Crippen LogP contribution in [0, 0.1) is 10.1 Å². The second kappa shape index (κ2) is 7.50. The third-order valence-corrected chi connectivity index (χ3v) is 2.62. The Labute approximate surface area is 106 Å². The predicted molar refractivity (Wildman–Crippen MR) is 71.6 cm³/mol. The van der Waals surface area contributed by atoms with E-state index in [9.17, 15) is 10.1 Å². The SMILES string of the molecule is Nc1ccc(NCCCCCCO)c([N+](=O)[O-])c1. The van der Waals surface area contributed by atoms with Crippen molar-refractivity contribution in [3.05, 3.63) is 28.3 Å². The molecule has 1 aromatic carbocycles. The highest BCUT2D eigenvalue weighted by atomic mass is 16.6. The number of unbranched alkanes of at least 4 members (excludes halogenated alkanes) is 3. The van der Waals surface area contributed by atoms with Crippen LogP contribution in [0.2, 0.25) is 0 Å². The number of rotatable bonds is 8. The molecule has 0 radical (unpaired) electrons. The highest BCUT2D eigenvalue weighted by molar-refractivity contribution is 5.66. The van der Waals surface area contributed by atoms with E-state index in [4.69, 9.17) is 10.8 Å². The van der Waals surface area contributed by atoms with Gasteiger partial charge in [0.05, 0.1) is 4.92 Å². The molecular formula is C12H19N3O3. The second-order valence-corrected chi connectivity index (χ2v) is 4.10. The molecular weight excluding hydrogens is 234 g/mol. The molecule has 1 rings (SSSR count). The van der Waals surface area contributed by atoms with Gasteiger partial charge < -0.3 is 16.2 Å². The van der Waals surface area contributed by atoms with Crippen LogP contribution in [0.5, 0.6) is 0 Å². The maximum absolute atomic E-state index is 10.8. The van der Waals surface area contributed by atoms with E-state index in [-0.39, 0.29) is 12.3 Å². The van der Waals surface area contributed by atoms with E-state index in [1.54, 1.807) is 12.1 Å². The zero-order valence-corrected chi connectivity index (χ0v) is 10.3. The first-order chi connectivity index (χ1) is 8.65. The van der Waals surface area contributed by atoms with Crippen molar-refractivity contribution in [3.63, 3.8) is 0 Å². The molecule has 0 saturated carbocycles. The Morgan fingerprint density at radius 1 is 1.28 bits per heavy atom. The minimum absolute atomic E-state index is 0.00496. The van der Waals surface area contributed by atoms with E-state index in [0.717, 1.165) is 25.7 Å². The molecule has 0 fully saturated rings. The summed E-state index contributed by atoms with van der Waals surface area (Å²) in [5.74, 6) is 0. The van der Waals surface area contributed by atoms with Crippen molar-refractivity contribution in [2.75, 3.05) is 24.2 Å². The van der Waals surface area contributed by atoms with Crippen molar-refractivity contribution in [3.8, 4) is 0 Å². The molecule has 100 valence electrons. The zero-order chi connectivity index (χ0) is 13.4. The summed E-state index contributed by atoms with van der Waals surface area (Å²) in [5.41, 5.74) is 6.41. The Balaban J connectivity index is 2.44. The van der Waals surface area contributed by atoms with Gasteiger partial charge >= 0.3 is 0 Å². The first-order valence-corrected chi connectivity index (χ1v) is 6.04. The van der Waals surface area contributed by atoms with Gasteiger partial charge in [-0.3, -0.25) is 10.1 Å². The molecule has 6 heteroatoms.